The van der Waals surface area contributed by atoms with E-state index < -0.39 is 0 Å². The standard InChI is InChI=1S/C25H27N3O2/c1-3-27-24(29)23-16-26-15-21(28-23)17-30-22-11-9-20(10-12-22)25(13-4-14-25)19-7-5-18(2)6-8-19/h5-12,15-16H,3-4,13-14,17H2,1-2H3,(H,27,29). The number of hydrogen-bond acceptors (Lipinski definition) is 4. The molecule has 1 aliphatic rings. The fraction of sp³-hybridized carbons (Fsp3) is 0.320. The van der Waals surface area contributed by atoms with Crippen molar-refractivity contribution in [3.63, 3.8) is 0 Å². The van der Waals surface area contributed by atoms with E-state index in [9.17, 15) is 4.79 Å². The molecule has 0 saturated heterocycles. The monoisotopic (exact) mass is 401 g/mol. The number of benzene rings is 2. The topological polar surface area (TPSA) is 64.1 Å². The minimum Gasteiger partial charge on any atom is -0.487 e. The van der Waals surface area contributed by atoms with Gasteiger partial charge in [-0.05, 0) is 49.9 Å². The van der Waals surface area contributed by atoms with Crippen LogP contribution < -0.4 is 10.1 Å². The lowest BCUT2D eigenvalue weighted by atomic mass is 9.60. The summed E-state index contributed by atoms with van der Waals surface area (Å²) in [6.07, 6.45) is 6.70. The Bertz CT molecular complexity index is 1010. The van der Waals surface area contributed by atoms with Crippen LogP contribution in [0.1, 0.15) is 59.1 Å². The lowest BCUT2D eigenvalue weighted by Crippen LogP contribution is -2.35. The molecule has 30 heavy (non-hydrogen) atoms. The molecule has 1 aliphatic carbocycles. The zero-order valence-electron chi connectivity index (χ0n) is 17.5. The molecule has 3 aromatic rings. The Kier molecular flexibility index (Phi) is 5.79. The van der Waals surface area contributed by atoms with Gasteiger partial charge in [0.25, 0.3) is 5.91 Å². The van der Waals surface area contributed by atoms with E-state index in [4.69, 9.17) is 4.74 Å². The van der Waals surface area contributed by atoms with Crippen LogP contribution in [0.25, 0.3) is 0 Å². The summed E-state index contributed by atoms with van der Waals surface area (Å²) in [6, 6.07) is 17.3. The van der Waals surface area contributed by atoms with Crippen molar-refractivity contribution in [3.05, 3.63) is 89.0 Å². The van der Waals surface area contributed by atoms with Gasteiger partial charge < -0.3 is 10.1 Å². The van der Waals surface area contributed by atoms with Crippen LogP contribution in [0.5, 0.6) is 5.75 Å². The fourth-order valence-electron chi connectivity index (χ4n) is 4.01. The summed E-state index contributed by atoms with van der Waals surface area (Å²) >= 11 is 0. The summed E-state index contributed by atoms with van der Waals surface area (Å²) in [7, 11) is 0. The van der Waals surface area contributed by atoms with Crippen molar-refractivity contribution in [1.29, 1.82) is 0 Å². The van der Waals surface area contributed by atoms with Gasteiger partial charge in [0.2, 0.25) is 0 Å². The van der Waals surface area contributed by atoms with Crippen molar-refractivity contribution < 1.29 is 9.53 Å². The number of aryl methyl sites for hydroxylation is 1. The second kappa shape index (κ2) is 8.66. The number of nitrogens with one attached hydrogen (secondary N) is 1. The first-order valence-corrected chi connectivity index (χ1v) is 10.5. The Morgan fingerprint density at radius 1 is 1.03 bits per heavy atom. The predicted octanol–water partition coefficient (Wildman–Crippen LogP) is 4.58. The van der Waals surface area contributed by atoms with Gasteiger partial charge in [-0.1, -0.05) is 48.4 Å². The minimum atomic E-state index is -0.224. The average Bonchev–Trinajstić information content (AvgIpc) is 2.74. The molecule has 0 bridgehead atoms. The average molecular weight is 402 g/mol. The van der Waals surface area contributed by atoms with Gasteiger partial charge in [0, 0.05) is 12.0 Å². The van der Waals surface area contributed by atoms with Crippen molar-refractivity contribution in [2.75, 3.05) is 6.54 Å². The largest absolute Gasteiger partial charge is 0.487 e. The molecule has 0 atom stereocenters. The summed E-state index contributed by atoms with van der Waals surface area (Å²) in [4.78, 5) is 20.4. The normalized spacial score (nSPS) is 14.6. The Hall–Kier alpha value is -3.21. The number of rotatable bonds is 7. The lowest BCUT2D eigenvalue weighted by Gasteiger charge is -2.43. The molecule has 1 heterocycles. The van der Waals surface area contributed by atoms with Gasteiger partial charge >= 0.3 is 0 Å². The maximum absolute atomic E-state index is 11.9. The van der Waals surface area contributed by atoms with Crippen LogP contribution in [0.2, 0.25) is 0 Å². The van der Waals surface area contributed by atoms with Crippen molar-refractivity contribution in [1.82, 2.24) is 15.3 Å². The van der Waals surface area contributed by atoms with Crippen molar-refractivity contribution in [2.24, 2.45) is 0 Å². The number of amides is 1. The number of ether oxygens (including phenoxy) is 1. The molecule has 0 aliphatic heterocycles. The van der Waals surface area contributed by atoms with E-state index in [2.05, 4.69) is 58.6 Å². The van der Waals surface area contributed by atoms with Gasteiger partial charge in [-0.3, -0.25) is 9.78 Å². The van der Waals surface area contributed by atoms with Crippen LogP contribution in [0.3, 0.4) is 0 Å². The van der Waals surface area contributed by atoms with Crippen LogP contribution in [-0.4, -0.2) is 22.4 Å². The first kappa shape index (κ1) is 20.1. The second-order valence-corrected chi connectivity index (χ2v) is 7.87. The molecule has 1 N–H and O–H groups in total. The van der Waals surface area contributed by atoms with Crippen LogP contribution in [0.4, 0.5) is 0 Å². The molecule has 154 valence electrons. The maximum atomic E-state index is 11.9. The van der Waals surface area contributed by atoms with E-state index in [-0.39, 0.29) is 17.9 Å². The molecule has 0 spiro atoms. The van der Waals surface area contributed by atoms with Crippen LogP contribution in [0.15, 0.2) is 60.9 Å². The second-order valence-electron chi connectivity index (χ2n) is 7.87. The van der Waals surface area contributed by atoms with E-state index >= 15 is 0 Å². The highest BCUT2D eigenvalue weighted by Crippen LogP contribution is 2.49. The molecule has 1 amide bonds. The van der Waals surface area contributed by atoms with E-state index in [0.717, 1.165) is 5.75 Å². The Balaban J connectivity index is 1.45. The molecule has 5 heteroatoms. The Morgan fingerprint density at radius 3 is 2.30 bits per heavy atom. The summed E-state index contributed by atoms with van der Waals surface area (Å²) in [5.41, 5.74) is 5.07. The molecule has 2 aromatic carbocycles. The summed E-state index contributed by atoms with van der Waals surface area (Å²) in [6.45, 7) is 4.81. The van der Waals surface area contributed by atoms with Crippen molar-refractivity contribution in [2.45, 2.75) is 45.1 Å². The lowest BCUT2D eigenvalue weighted by molar-refractivity contribution is 0.0950. The highest BCUT2D eigenvalue weighted by Gasteiger charge is 2.40. The van der Waals surface area contributed by atoms with Crippen LogP contribution in [0, 0.1) is 6.92 Å². The number of carbonyl (C=O) groups is 1. The van der Waals surface area contributed by atoms with Crippen molar-refractivity contribution in [3.8, 4) is 5.75 Å². The molecule has 1 fully saturated rings. The van der Waals surface area contributed by atoms with E-state index in [1.165, 1.54) is 42.1 Å². The predicted molar refractivity (Wildman–Crippen MR) is 117 cm³/mol. The molecular formula is C25H27N3O2. The molecular weight excluding hydrogens is 374 g/mol. The summed E-state index contributed by atoms with van der Waals surface area (Å²) < 4.78 is 5.89. The van der Waals surface area contributed by atoms with Gasteiger partial charge in [-0.15, -0.1) is 0 Å². The minimum absolute atomic E-state index is 0.124. The van der Waals surface area contributed by atoms with Crippen molar-refractivity contribution >= 4 is 5.91 Å². The third-order valence-electron chi connectivity index (χ3n) is 5.86. The van der Waals surface area contributed by atoms with E-state index in [0.29, 0.717) is 17.9 Å². The first-order chi connectivity index (χ1) is 14.6. The molecule has 5 nitrogen and oxygen atoms in total. The molecule has 0 radical (unpaired) electrons. The fourth-order valence-corrected chi connectivity index (χ4v) is 4.01. The SMILES string of the molecule is CCNC(=O)c1cncc(COc2ccc(C3(c4ccc(C)cc4)CCC3)cc2)n1. The van der Waals surface area contributed by atoms with Crippen LogP contribution in [-0.2, 0) is 12.0 Å². The van der Waals surface area contributed by atoms with Gasteiger partial charge in [-0.2, -0.15) is 0 Å². The summed E-state index contributed by atoms with van der Waals surface area (Å²) in [5, 5.41) is 2.73. The first-order valence-electron chi connectivity index (χ1n) is 10.5. The van der Waals surface area contributed by atoms with Gasteiger partial charge in [-0.25, -0.2) is 4.98 Å². The molecule has 0 unspecified atom stereocenters. The third kappa shape index (κ3) is 4.06. The maximum Gasteiger partial charge on any atom is 0.271 e. The zero-order valence-corrected chi connectivity index (χ0v) is 17.5. The molecule has 1 aromatic heterocycles. The Labute approximate surface area is 177 Å². The van der Waals surface area contributed by atoms with Gasteiger partial charge in [0.15, 0.2) is 0 Å². The smallest absolute Gasteiger partial charge is 0.271 e. The number of aromatic nitrogens is 2. The number of carbonyl (C=O) groups excluding carboxylic acids is 1. The van der Waals surface area contributed by atoms with E-state index in [1.54, 1.807) is 6.20 Å². The van der Waals surface area contributed by atoms with E-state index in [1.807, 2.05) is 19.1 Å². The molecule has 4 rings (SSSR count). The van der Waals surface area contributed by atoms with Gasteiger partial charge in [0.1, 0.15) is 18.1 Å². The Morgan fingerprint density at radius 2 is 1.70 bits per heavy atom. The highest BCUT2D eigenvalue weighted by atomic mass is 16.5. The zero-order chi connectivity index (χ0) is 21.0. The highest BCUT2D eigenvalue weighted by molar-refractivity contribution is 5.91. The molecule has 1 saturated carbocycles. The number of nitrogens with zero attached hydrogens (tertiary/aromatic N) is 2. The summed E-state index contributed by atoms with van der Waals surface area (Å²) in [5.74, 6) is 0.556. The number of hydrogen-bond donors (Lipinski definition) is 1. The van der Waals surface area contributed by atoms with Gasteiger partial charge in [0.05, 0.1) is 18.1 Å². The van der Waals surface area contributed by atoms with Crippen LogP contribution >= 0.6 is 0 Å². The quantitative estimate of drug-likeness (QED) is 0.629. The third-order valence-corrected chi connectivity index (χ3v) is 5.86.